The molecule has 1 aromatic rings. The Kier molecular flexibility index (Phi) is 4.48. The second-order valence-electron chi connectivity index (χ2n) is 8.35. The van der Waals surface area contributed by atoms with Crippen LogP contribution in [-0.4, -0.2) is 25.1 Å². The zero-order valence-electron chi connectivity index (χ0n) is 15.2. The number of nitrogens with two attached hydrogens (primary N) is 1. The van der Waals surface area contributed by atoms with E-state index in [0.29, 0.717) is 23.9 Å². The van der Waals surface area contributed by atoms with E-state index in [2.05, 4.69) is 17.4 Å². The van der Waals surface area contributed by atoms with Gasteiger partial charge in [0.05, 0.1) is 12.5 Å². The van der Waals surface area contributed by atoms with Crippen LogP contribution < -0.4 is 15.8 Å². The first-order valence-electron chi connectivity index (χ1n) is 9.83. The van der Waals surface area contributed by atoms with Crippen molar-refractivity contribution in [3.8, 4) is 5.75 Å². The molecular weight excluding hydrogens is 312 g/mol. The highest BCUT2D eigenvalue weighted by Gasteiger charge is 2.48. The average molecular weight is 342 g/mol. The van der Waals surface area contributed by atoms with Crippen molar-refractivity contribution in [1.29, 1.82) is 0 Å². The maximum absolute atomic E-state index is 13.3. The highest BCUT2D eigenvalue weighted by Crippen LogP contribution is 2.46. The first-order valence-corrected chi connectivity index (χ1v) is 9.83. The molecule has 25 heavy (non-hydrogen) atoms. The van der Waals surface area contributed by atoms with Crippen LogP contribution in [0.1, 0.15) is 56.9 Å². The molecule has 0 radical (unpaired) electrons. The highest BCUT2D eigenvalue weighted by atomic mass is 16.5. The molecule has 0 spiro atoms. The number of nitrogens with one attached hydrogen (secondary N) is 1. The van der Waals surface area contributed by atoms with Gasteiger partial charge in [-0.2, -0.15) is 0 Å². The maximum atomic E-state index is 13.3. The average Bonchev–Trinajstić information content (AvgIpc) is 2.55. The Balaban J connectivity index is 1.52. The number of rotatable bonds is 4. The van der Waals surface area contributed by atoms with Crippen LogP contribution in [0.25, 0.3) is 0 Å². The normalized spacial score (nSPS) is 33.2. The molecule has 3 aliphatic rings. The molecule has 3 aliphatic carbocycles. The van der Waals surface area contributed by atoms with E-state index in [1.165, 1.54) is 19.3 Å². The molecular formula is C21H30N2O2. The Hall–Kier alpha value is -1.55. The van der Waals surface area contributed by atoms with Crippen molar-refractivity contribution in [2.75, 3.05) is 7.11 Å². The summed E-state index contributed by atoms with van der Waals surface area (Å²) >= 11 is 0. The lowest BCUT2D eigenvalue weighted by molar-refractivity contribution is -0.132. The van der Waals surface area contributed by atoms with Crippen molar-refractivity contribution < 1.29 is 9.53 Å². The Morgan fingerprint density at radius 1 is 1.12 bits per heavy atom. The second-order valence-corrected chi connectivity index (χ2v) is 8.35. The van der Waals surface area contributed by atoms with Gasteiger partial charge in [-0.3, -0.25) is 4.79 Å². The quantitative estimate of drug-likeness (QED) is 0.883. The SMILES string of the molecule is COc1ccc(C2(C(=O)NC3C4CCCC3CC(N)C4)CCC2)cc1. The summed E-state index contributed by atoms with van der Waals surface area (Å²) in [4.78, 5) is 13.3. The minimum absolute atomic E-state index is 0.237. The molecule has 0 heterocycles. The fraction of sp³-hybridized carbons (Fsp3) is 0.667. The van der Waals surface area contributed by atoms with Gasteiger partial charge in [0.25, 0.3) is 0 Å². The Bertz CT molecular complexity index is 609. The summed E-state index contributed by atoms with van der Waals surface area (Å²) in [6, 6.07) is 8.72. The number of carbonyl (C=O) groups is 1. The standard InChI is InChI=1S/C21H30N2O2/c1-25-18-8-6-16(7-9-18)21(10-3-11-21)20(24)23-19-14-4-2-5-15(19)13-17(22)12-14/h6-9,14-15,17,19H,2-5,10-13,22H2,1H3,(H,23,24). The fourth-order valence-electron chi connectivity index (χ4n) is 5.40. The van der Waals surface area contributed by atoms with E-state index in [9.17, 15) is 4.79 Å². The van der Waals surface area contributed by atoms with Crippen molar-refractivity contribution in [1.82, 2.24) is 5.32 Å². The third kappa shape index (κ3) is 2.95. The van der Waals surface area contributed by atoms with E-state index in [-0.39, 0.29) is 11.3 Å². The number of methoxy groups -OCH3 is 1. The number of fused-ring (bicyclic) bond motifs is 2. The summed E-state index contributed by atoms with van der Waals surface area (Å²) in [6.07, 6.45) is 8.88. The van der Waals surface area contributed by atoms with Crippen molar-refractivity contribution in [2.45, 2.75) is 68.9 Å². The van der Waals surface area contributed by atoms with E-state index in [0.717, 1.165) is 43.4 Å². The molecule has 4 nitrogen and oxygen atoms in total. The Labute approximate surface area is 150 Å². The van der Waals surface area contributed by atoms with E-state index in [1.807, 2.05) is 12.1 Å². The van der Waals surface area contributed by atoms with Gasteiger partial charge in [0.2, 0.25) is 5.91 Å². The second kappa shape index (κ2) is 6.64. The van der Waals surface area contributed by atoms with Crippen molar-refractivity contribution in [3.63, 3.8) is 0 Å². The molecule has 0 aliphatic heterocycles. The Morgan fingerprint density at radius 2 is 1.76 bits per heavy atom. The topological polar surface area (TPSA) is 64.3 Å². The summed E-state index contributed by atoms with van der Waals surface area (Å²) in [5.41, 5.74) is 7.04. The van der Waals surface area contributed by atoms with Gasteiger partial charge in [-0.15, -0.1) is 0 Å². The lowest BCUT2D eigenvalue weighted by atomic mass is 9.62. The van der Waals surface area contributed by atoms with Gasteiger partial charge in [0, 0.05) is 12.1 Å². The number of hydrogen-bond donors (Lipinski definition) is 2. The van der Waals surface area contributed by atoms with Gasteiger partial charge >= 0.3 is 0 Å². The highest BCUT2D eigenvalue weighted by molar-refractivity contribution is 5.89. The first kappa shape index (κ1) is 16.9. The lowest BCUT2D eigenvalue weighted by Crippen LogP contribution is -2.59. The smallest absolute Gasteiger partial charge is 0.230 e. The predicted molar refractivity (Wildman–Crippen MR) is 98.5 cm³/mol. The monoisotopic (exact) mass is 342 g/mol. The molecule has 3 fully saturated rings. The van der Waals surface area contributed by atoms with E-state index >= 15 is 0 Å². The molecule has 3 N–H and O–H groups in total. The van der Waals surface area contributed by atoms with E-state index < -0.39 is 0 Å². The number of ether oxygens (including phenoxy) is 1. The van der Waals surface area contributed by atoms with Crippen LogP contribution in [0.3, 0.4) is 0 Å². The molecule has 136 valence electrons. The van der Waals surface area contributed by atoms with Gasteiger partial charge in [-0.1, -0.05) is 25.0 Å². The van der Waals surface area contributed by atoms with Crippen molar-refractivity contribution in [3.05, 3.63) is 29.8 Å². The summed E-state index contributed by atoms with van der Waals surface area (Å²) in [7, 11) is 1.67. The van der Waals surface area contributed by atoms with Crippen LogP contribution in [0, 0.1) is 11.8 Å². The molecule has 2 atom stereocenters. The van der Waals surface area contributed by atoms with E-state index in [1.54, 1.807) is 7.11 Å². The van der Waals surface area contributed by atoms with Crippen molar-refractivity contribution >= 4 is 5.91 Å². The van der Waals surface area contributed by atoms with Gasteiger partial charge in [-0.25, -0.2) is 0 Å². The molecule has 1 amide bonds. The summed E-state index contributed by atoms with van der Waals surface area (Å²) in [5, 5.41) is 3.49. The lowest BCUT2D eigenvalue weighted by Gasteiger charge is -2.48. The predicted octanol–water partition coefficient (Wildman–Crippen LogP) is 3.14. The van der Waals surface area contributed by atoms with Gasteiger partial charge in [0.15, 0.2) is 0 Å². The first-order chi connectivity index (χ1) is 12.1. The number of carbonyl (C=O) groups excluding carboxylic acids is 1. The number of benzene rings is 1. The van der Waals surface area contributed by atoms with Gasteiger partial charge in [0.1, 0.15) is 5.75 Å². The molecule has 4 heteroatoms. The molecule has 2 unspecified atom stereocenters. The molecule has 0 saturated heterocycles. The van der Waals surface area contributed by atoms with Crippen LogP contribution in [-0.2, 0) is 10.2 Å². The fourth-order valence-corrected chi connectivity index (χ4v) is 5.40. The van der Waals surface area contributed by atoms with Gasteiger partial charge in [-0.05, 0) is 68.1 Å². The summed E-state index contributed by atoms with van der Waals surface area (Å²) in [6.45, 7) is 0. The summed E-state index contributed by atoms with van der Waals surface area (Å²) < 4.78 is 5.26. The van der Waals surface area contributed by atoms with E-state index in [4.69, 9.17) is 10.5 Å². The van der Waals surface area contributed by atoms with Crippen LogP contribution in [0.4, 0.5) is 0 Å². The number of amides is 1. The van der Waals surface area contributed by atoms with Crippen molar-refractivity contribution in [2.24, 2.45) is 17.6 Å². The number of hydrogen-bond acceptors (Lipinski definition) is 3. The molecule has 1 aromatic carbocycles. The third-order valence-electron chi connectivity index (χ3n) is 6.96. The molecule has 4 rings (SSSR count). The molecule has 2 bridgehead atoms. The van der Waals surface area contributed by atoms with Crippen LogP contribution in [0.2, 0.25) is 0 Å². The zero-order chi connectivity index (χ0) is 17.4. The summed E-state index contributed by atoms with van der Waals surface area (Å²) in [5.74, 6) is 2.22. The molecule has 0 aromatic heterocycles. The van der Waals surface area contributed by atoms with Crippen LogP contribution in [0.5, 0.6) is 5.75 Å². The van der Waals surface area contributed by atoms with Crippen LogP contribution >= 0.6 is 0 Å². The minimum atomic E-state index is -0.333. The third-order valence-corrected chi connectivity index (χ3v) is 6.96. The largest absolute Gasteiger partial charge is 0.497 e. The maximum Gasteiger partial charge on any atom is 0.230 e. The zero-order valence-corrected chi connectivity index (χ0v) is 15.2. The molecule has 3 saturated carbocycles. The Morgan fingerprint density at radius 3 is 2.28 bits per heavy atom. The van der Waals surface area contributed by atoms with Crippen LogP contribution in [0.15, 0.2) is 24.3 Å². The minimum Gasteiger partial charge on any atom is -0.497 e. The van der Waals surface area contributed by atoms with Gasteiger partial charge < -0.3 is 15.8 Å².